The molecule has 0 radical (unpaired) electrons. The molecule has 3 N–H and O–H groups in total. The SMILES string of the molecule is CCCCC(CN)NC(=O)CCOc1ccc(Cl)cc1[N+](=O)[O-].Cl. The van der Waals surface area contributed by atoms with Gasteiger partial charge in [-0.3, -0.25) is 14.9 Å². The second-order valence-corrected chi connectivity index (χ2v) is 5.55. The van der Waals surface area contributed by atoms with Crippen molar-refractivity contribution in [1.82, 2.24) is 5.32 Å². The second kappa shape index (κ2) is 11.9. The van der Waals surface area contributed by atoms with Gasteiger partial charge in [0, 0.05) is 23.7 Å². The van der Waals surface area contributed by atoms with Crippen LogP contribution in [-0.4, -0.2) is 30.0 Å². The highest BCUT2D eigenvalue weighted by atomic mass is 35.5. The van der Waals surface area contributed by atoms with E-state index < -0.39 is 4.92 Å². The number of benzene rings is 1. The third-order valence-electron chi connectivity index (χ3n) is 3.26. The molecular weight excluding hydrogens is 357 g/mol. The fourth-order valence-corrected chi connectivity index (χ4v) is 2.17. The van der Waals surface area contributed by atoms with Crippen LogP contribution >= 0.6 is 24.0 Å². The van der Waals surface area contributed by atoms with Gasteiger partial charge in [-0.05, 0) is 18.6 Å². The number of nitrogens with two attached hydrogens (primary N) is 1. The molecule has 0 fully saturated rings. The van der Waals surface area contributed by atoms with Crippen LogP contribution in [-0.2, 0) is 4.79 Å². The van der Waals surface area contributed by atoms with E-state index >= 15 is 0 Å². The molecule has 136 valence electrons. The summed E-state index contributed by atoms with van der Waals surface area (Å²) in [7, 11) is 0. The Hall–Kier alpha value is -1.57. The lowest BCUT2D eigenvalue weighted by molar-refractivity contribution is -0.385. The lowest BCUT2D eigenvalue weighted by Crippen LogP contribution is -2.40. The summed E-state index contributed by atoms with van der Waals surface area (Å²) in [5.74, 6) is -0.0956. The number of hydrogen-bond donors (Lipinski definition) is 2. The van der Waals surface area contributed by atoms with Gasteiger partial charge in [-0.15, -0.1) is 12.4 Å². The maximum atomic E-state index is 11.8. The van der Waals surface area contributed by atoms with Gasteiger partial charge in [0.15, 0.2) is 5.75 Å². The quantitative estimate of drug-likeness (QED) is 0.479. The van der Waals surface area contributed by atoms with Gasteiger partial charge in [-0.2, -0.15) is 0 Å². The standard InChI is InChI=1S/C15H22ClN3O4.ClH/c1-2-3-4-12(10-17)18-15(20)7-8-23-14-6-5-11(16)9-13(14)19(21)22;/h5-6,9,12H,2-4,7-8,10,17H2,1H3,(H,18,20);1H. The van der Waals surface area contributed by atoms with Crippen LogP contribution in [0.5, 0.6) is 5.75 Å². The number of carbonyl (C=O) groups excluding carboxylic acids is 1. The molecule has 0 heterocycles. The summed E-state index contributed by atoms with van der Waals surface area (Å²) in [5, 5.41) is 14.0. The van der Waals surface area contributed by atoms with Gasteiger partial charge < -0.3 is 15.8 Å². The molecule has 1 aromatic carbocycles. The Morgan fingerprint density at radius 3 is 2.79 bits per heavy atom. The van der Waals surface area contributed by atoms with E-state index in [9.17, 15) is 14.9 Å². The molecule has 0 aliphatic rings. The summed E-state index contributed by atoms with van der Waals surface area (Å²) in [6, 6.07) is 4.08. The molecule has 0 saturated heterocycles. The van der Waals surface area contributed by atoms with Crippen molar-refractivity contribution in [2.45, 2.75) is 38.6 Å². The fourth-order valence-electron chi connectivity index (χ4n) is 2.01. The normalized spacial score (nSPS) is 11.3. The van der Waals surface area contributed by atoms with E-state index in [1.54, 1.807) is 0 Å². The van der Waals surface area contributed by atoms with Crippen molar-refractivity contribution in [3.63, 3.8) is 0 Å². The second-order valence-electron chi connectivity index (χ2n) is 5.11. The maximum Gasteiger partial charge on any atom is 0.312 e. The van der Waals surface area contributed by atoms with Crippen LogP contribution in [0.2, 0.25) is 5.02 Å². The highest BCUT2D eigenvalue weighted by Crippen LogP contribution is 2.29. The number of unbranched alkanes of at least 4 members (excludes halogenated alkanes) is 1. The van der Waals surface area contributed by atoms with E-state index in [4.69, 9.17) is 22.1 Å². The molecule has 1 unspecified atom stereocenters. The van der Waals surface area contributed by atoms with Crippen molar-refractivity contribution < 1.29 is 14.5 Å². The lowest BCUT2D eigenvalue weighted by atomic mass is 10.1. The molecule has 1 aromatic rings. The average Bonchev–Trinajstić information content (AvgIpc) is 2.52. The van der Waals surface area contributed by atoms with E-state index in [0.717, 1.165) is 19.3 Å². The summed E-state index contributed by atoms with van der Waals surface area (Å²) < 4.78 is 5.33. The third-order valence-corrected chi connectivity index (χ3v) is 3.50. The van der Waals surface area contributed by atoms with Crippen LogP contribution in [0.1, 0.15) is 32.6 Å². The molecule has 1 rings (SSSR count). The predicted molar refractivity (Wildman–Crippen MR) is 96.0 cm³/mol. The number of rotatable bonds is 10. The first kappa shape index (κ1) is 22.4. The zero-order valence-corrected chi connectivity index (χ0v) is 15.1. The number of halogens is 2. The van der Waals surface area contributed by atoms with Gasteiger partial charge in [0.05, 0.1) is 18.0 Å². The Bertz CT molecular complexity index is 543. The Kier molecular flexibility index (Phi) is 11.1. The molecule has 0 spiro atoms. The van der Waals surface area contributed by atoms with Gasteiger partial charge in [-0.25, -0.2) is 0 Å². The molecular formula is C15H23Cl2N3O4. The zero-order valence-electron chi connectivity index (χ0n) is 13.5. The number of nitrogens with zero attached hydrogens (tertiary/aromatic N) is 1. The number of nitrogens with one attached hydrogen (secondary N) is 1. The number of carbonyl (C=O) groups is 1. The third kappa shape index (κ3) is 7.81. The number of amides is 1. The molecule has 0 saturated carbocycles. The first-order valence-corrected chi connectivity index (χ1v) is 7.91. The monoisotopic (exact) mass is 379 g/mol. The van der Waals surface area contributed by atoms with E-state index in [-0.39, 0.29) is 53.8 Å². The largest absolute Gasteiger partial charge is 0.486 e. The van der Waals surface area contributed by atoms with Gasteiger partial charge >= 0.3 is 5.69 Å². The number of nitro benzene ring substituents is 1. The summed E-state index contributed by atoms with van der Waals surface area (Å²) in [5.41, 5.74) is 5.39. The first-order valence-electron chi connectivity index (χ1n) is 7.54. The minimum atomic E-state index is -0.573. The van der Waals surface area contributed by atoms with Crippen LogP contribution < -0.4 is 15.8 Å². The van der Waals surface area contributed by atoms with Crippen molar-refractivity contribution in [3.05, 3.63) is 33.3 Å². The van der Waals surface area contributed by atoms with Crippen molar-refractivity contribution in [3.8, 4) is 5.75 Å². The van der Waals surface area contributed by atoms with E-state index in [2.05, 4.69) is 12.2 Å². The van der Waals surface area contributed by atoms with Crippen LogP contribution in [0.15, 0.2) is 18.2 Å². The van der Waals surface area contributed by atoms with Crippen molar-refractivity contribution in [1.29, 1.82) is 0 Å². The van der Waals surface area contributed by atoms with Gasteiger partial charge in [-0.1, -0.05) is 31.4 Å². The van der Waals surface area contributed by atoms with Crippen molar-refractivity contribution in [2.24, 2.45) is 5.73 Å². The molecule has 1 atom stereocenters. The molecule has 0 bridgehead atoms. The average molecular weight is 380 g/mol. The van der Waals surface area contributed by atoms with Crippen LogP contribution in [0.25, 0.3) is 0 Å². The smallest absolute Gasteiger partial charge is 0.312 e. The molecule has 0 aliphatic heterocycles. The summed E-state index contributed by atoms with van der Waals surface area (Å²) in [6.07, 6.45) is 2.97. The van der Waals surface area contributed by atoms with E-state index in [1.807, 2.05) is 0 Å². The fraction of sp³-hybridized carbons (Fsp3) is 0.533. The summed E-state index contributed by atoms with van der Waals surface area (Å²) in [4.78, 5) is 22.2. The zero-order chi connectivity index (χ0) is 17.2. The molecule has 0 aromatic heterocycles. The Morgan fingerprint density at radius 2 is 2.21 bits per heavy atom. The van der Waals surface area contributed by atoms with Gasteiger partial charge in [0.25, 0.3) is 0 Å². The van der Waals surface area contributed by atoms with E-state index in [0.29, 0.717) is 6.54 Å². The van der Waals surface area contributed by atoms with Gasteiger partial charge in [0.1, 0.15) is 0 Å². The van der Waals surface area contributed by atoms with Crippen molar-refractivity contribution >= 4 is 35.6 Å². The van der Waals surface area contributed by atoms with Gasteiger partial charge in [0.2, 0.25) is 5.91 Å². The number of nitro groups is 1. The van der Waals surface area contributed by atoms with E-state index in [1.165, 1.54) is 18.2 Å². The Labute approximate surface area is 152 Å². The highest BCUT2D eigenvalue weighted by Gasteiger charge is 2.16. The minimum absolute atomic E-state index is 0. The molecule has 24 heavy (non-hydrogen) atoms. The molecule has 1 amide bonds. The predicted octanol–water partition coefficient (Wildman–Crippen LogP) is 3.07. The Morgan fingerprint density at radius 1 is 1.50 bits per heavy atom. The minimum Gasteiger partial charge on any atom is -0.486 e. The first-order chi connectivity index (χ1) is 11.0. The maximum absolute atomic E-state index is 11.8. The van der Waals surface area contributed by atoms with Crippen LogP contribution in [0.4, 0.5) is 5.69 Å². The molecule has 9 heteroatoms. The summed E-state index contributed by atoms with van der Waals surface area (Å²) in [6.45, 7) is 2.50. The summed E-state index contributed by atoms with van der Waals surface area (Å²) >= 11 is 5.72. The topological polar surface area (TPSA) is 107 Å². The van der Waals surface area contributed by atoms with Crippen LogP contribution in [0, 0.1) is 10.1 Å². The number of hydrogen-bond acceptors (Lipinski definition) is 5. The lowest BCUT2D eigenvalue weighted by Gasteiger charge is -2.16. The Balaban J connectivity index is 0.00000529. The van der Waals surface area contributed by atoms with Crippen molar-refractivity contribution in [2.75, 3.05) is 13.2 Å². The highest BCUT2D eigenvalue weighted by molar-refractivity contribution is 6.30. The molecule has 0 aliphatic carbocycles. The molecule has 7 nitrogen and oxygen atoms in total. The number of ether oxygens (including phenoxy) is 1. The van der Waals surface area contributed by atoms with Crippen LogP contribution in [0.3, 0.4) is 0 Å².